The normalized spacial score (nSPS) is 42.8. The van der Waals surface area contributed by atoms with E-state index in [0.717, 1.165) is 0 Å². The monoisotopic (exact) mass is 957 g/mol. The van der Waals surface area contributed by atoms with Gasteiger partial charge in [0, 0.05) is 0 Å². The Hall–Kier alpha value is -2.05. The van der Waals surface area contributed by atoms with Gasteiger partial charge in [-0.25, -0.2) is 40.9 Å². The Morgan fingerprint density at radius 3 is 1.46 bits per heavy atom. The standard InChI is InChI=1S/C27H47N3O28S3/c28-2-1-3-50-24-12(36)9(33)16(18(57-24)22(39)40)56-27-21(60(30,45)46)14(38)15(7(53-27)5-51-61(47,48)49)54-25-13(37)10(34)17(19(58-25)23(41)42)55-26-20(59(29,43)44)11(35)8(32)6(4-31)52-26/h6-21,24-27,31-38H,1-5,28H2,(H,39,40)(H,41,42)(H2,29,43,44)(H2,30,45,46)(H,47,48,49)/t6-,7-,8-,9-,10-,11+,12-,13-,14+,15-,16+,17+,18+,19+,20-,21-,24-,25-,26-,27-/m1/s1. The lowest BCUT2D eigenvalue weighted by atomic mass is 9.96. The van der Waals surface area contributed by atoms with Crippen LogP contribution in [0.1, 0.15) is 6.42 Å². The van der Waals surface area contributed by atoms with E-state index in [-0.39, 0.29) is 19.6 Å². The highest BCUT2D eigenvalue weighted by atomic mass is 32.3. The molecular formula is C27H47N3O28S3. The van der Waals surface area contributed by atoms with E-state index in [9.17, 15) is 90.5 Å². The van der Waals surface area contributed by atoms with E-state index in [4.69, 9.17) is 53.9 Å². The second-order valence-corrected chi connectivity index (χ2v) is 18.4. The Labute approximate surface area is 344 Å². The maximum atomic E-state index is 13.0. The lowest BCUT2D eigenvalue weighted by Crippen LogP contribution is -2.69. The third-order valence-electron chi connectivity index (χ3n) is 9.66. The van der Waals surface area contributed by atoms with Gasteiger partial charge in [0.05, 0.1) is 19.8 Å². The average Bonchev–Trinajstić information content (AvgIpc) is 3.13. The number of rotatable bonds is 18. The molecule has 20 atom stereocenters. The molecule has 0 bridgehead atoms. The second kappa shape index (κ2) is 20.4. The van der Waals surface area contributed by atoms with E-state index in [1.807, 2.05) is 0 Å². The maximum Gasteiger partial charge on any atom is 0.397 e. The number of hydrogen-bond acceptors (Lipinski definition) is 26. The molecule has 0 unspecified atom stereocenters. The predicted octanol–water partition coefficient (Wildman–Crippen LogP) is -10.8. The van der Waals surface area contributed by atoms with Gasteiger partial charge in [0.15, 0.2) is 47.9 Å². The first-order valence-electron chi connectivity index (χ1n) is 17.5. The SMILES string of the molecule is NCCCO[C@@H]1O[C@H](C(=O)O)[C@@H](O[C@H]2O[C@H](COS(=O)(=O)O)[C@@H](O[C@@H]3O[C@H](C(=O)O)[C@@H](O[C@H]4O[C@H](CO)[C@@H](O)[C@H](O)[C@H]4S(N)(=O)=O)[C@H](O)[C@H]3O)[C@H](O)[C@H]2S(N)(=O)=O)[C@H](O)[C@H]1O. The Morgan fingerprint density at radius 1 is 0.574 bits per heavy atom. The van der Waals surface area contributed by atoms with Crippen LogP contribution < -0.4 is 16.0 Å². The van der Waals surface area contributed by atoms with E-state index < -0.39 is 177 Å². The number of carboxylic acid groups (broad SMARTS) is 2. The second-order valence-electron chi connectivity index (χ2n) is 13.9. The number of ether oxygens (including phenoxy) is 8. The molecule has 0 aromatic rings. The number of carbonyl (C=O) groups is 2. The van der Waals surface area contributed by atoms with Crippen LogP contribution in [0.3, 0.4) is 0 Å². The first-order chi connectivity index (χ1) is 28.1. The molecular weight excluding hydrogens is 910 g/mol. The lowest BCUT2D eigenvalue weighted by Gasteiger charge is -2.49. The molecule has 0 saturated carbocycles. The molecule has 17 N–H and O–H groups in total. The molecule has 0 aromatic heterocycles. The molecule has 0 aromatic carbocycles. The Morgan fingerprint density at radius 2 is 1.02 bits per heavy atom. The highest BCUT2D eigenvalue weighted by Crippen LogP contribution is 2.37. The van der Waals surface area contributed by atoms with Crippen molar-refractivity contribution in [2.45, 2.75) is 128 Å². The van der Waals surface area contributed by atoms with Gasteiger partial charge in [-0.2, -0.15) is 8.42 Å². The van der Waals surface area contributed by atoms with Gasteiger partial charge in [-0.1, -0.05) is 0 Å². The summed E-state index contributed by atoms with van der Waals surface area (Å²) < 4.78 is 130. The number of aliphatic hydroxyl groups excluding tert-OH is 8. The minimum absolute atomic E-state index is 0.0921. The fourth-order valence-electron chi connectivity index (χ4n) is 6.70. The number of sulfonamides is 2. The quantitative estimate of drug-likeness (QED) is 0.0448. The summed E-state index contributed by atoms with van der Waals surface area (Å²) >= 11 is 0. The first kappa shape index (κ1) is 51.6. The number of primary sulfonamides is 2. The molecule has 31 nitrogen and oxygen atoms in total. The van der Waals surface area contributed by atoms with Gasteiger partial charge in [0.1, 0.15) is 73.2 Å². The number of carboxylic acids is 2. The summed E-state index contributed by atoms with van der Waals surface area (Å²) in [7, 11) is -15.7. The van der Waals surface area contributed by atoms with Crippen LogP contribution in [0.4, 0.5) is 0 Å². The summed E-state index contributed by atoms with van der Waals surface area (Å²) in [6.45, 7) is -2.68. The summed E-state index contributed by atoms with van der Waals surface area (Å²) in [5.74, 6) is -3.97. The number of nitrogens with two attached hydrogens (primary N) is 3. The number of hydrogen-bond donors (Lipinski definition) is 14. The van der Waals surface area contributed by atoms with Crippen molar-refractivity contribution in [2.24, 2.45) is 16.0 Å². The van der Waals surface area contributed by atoms with Crippen molar-refractivity contribution in [2.75, 3.05) is 26.4 Å². The highest BCUT2D eigenvalue weighted by molar-refractivity contribution is 7.90. The van der Waals surface area contributed by atoms with Crippen LogP contribution >= 0.6 is 0 Å². The van der Waals surface area contributed by atoms with Crippen molar-refractivity contribution >= 4 is 42.4 Å². The topological polar surface area (TPSA) is 520 Å². The van der Waals surface area contributed by atoms with Gasteiger partial charge in [-0.05, 0) is 13.0 Å². The molecule has 4 saturated heterocycles. The van der Waals surface area contributed by atoms with Crippen molar-refractivity contribution in [1.29, 1.82) is 0 Å². The third-order valence-corrected chi connectivity index (χ3v) is 12.6. The van der Waals surface area contributed by atoms with Gasteiger partial charge in [0.25, 0.3) is 0 Å². The Kier molecular flexibility index (Phi) is 17.3. The van der Waals surface area contributed by atoms with Gasteiger partial charge >= 0.3 is 22.3 Å². The Bertz CT molecular complexity index is 1850. The lowest BCUT2D eigenvalue weighted by molar-refractivity contribution is -0.365. The maximum absolute atomic E-state index is 13.0. The average molecular weight is 958 g/mol. The fraction of sp³-hybridized carbons (Fsp3) is 0.926. The molecule has 356 valence electrons. The molecule has 4 rings (SSSR count). The van der Waals surface area contributed by atoms with Crippen molar-refractivity contribution in [3.8, 4) is 0 Å². The first-order valence-corrected chi connectivity index (χ1v) is 22.1. The molecule has 61 heavy (non-hydrogen) atoms. The molecule has 0 spiro atoms. The van der Waals surface area contributed by atoms with E-state index in [1.54, 1.807) is 0 Å². The van der Waals surface area contributed by atoms with Gasteiger partial charge in [0.2, 0.25) is 20.0 Å². The molecule has 34 heteroatoms. The van der Waals surface area contributed by atoms with Crippen LogP contribution in [0.2, 0.25) is 0 Å². The highest BCUT2D eigenvalue weighted by Gasteiger charge is 2.60. The molecule has 0 radical (unpaired) electrons. The van der Waals surface area contributed by atoms with Gasteiger partial charge < -0.3 is 94.7 Å². The van der Waals surface area contributed by atoms with Gasteiger partial charge in [-0.3, -0.25) is 4.55 Å². The molecule has 4 aliphatic heterocycles. The fourth-order valence-corrected chi connectivity index (χ4v) is 8.97. The van der Waals surface area contributed by atoms with Crippen molar-refractivity contribution < 1.29 is 133 Å². The summed E-state index contributed by atoms with van der Waals surface area (Å²) in [4.78, 5) is 24.6. The van der Waals surface area contributed by atoms with E-state index in [1.165, 1.54) is 0 Å². The zero-order valence-electron chi connectivity index (χ0n) is 30.9. The van der Waals surface area contributed by atoms with Crippen LogP contribution in [0, 0.1) is 0 Å². The van der Waals surface area contributed by atoms with E-state index >= 15 is 0 Å². The third kappa shape index (κ3) is 12.0. The van der Waals surface area contributed by atoms with Crippen molar-refractivity contribution in [3.05, 3.63) is 0 Å². The molecule has 0 amide bonds. The summed E-state index contributed by atoms with van der Waals surface area (Å²) in [5.41, 5.74) is 5.38. The zero-order chi connectivity index (χ0) is 46.1. The molecule has 4 heterocycles. The van der Waals surface area contributed by atoms with Crippen LogP contribution in [-0.2, 0) is 82.1 Å². The van der Waals surface area contributed by atoms with Crippen LogP contribution in [-0.4, -0.2) is 240 Å². The smallest absolute Gasteiger partial charge is 0.397 e. The molecule has 4 fully saturated rings. The predicted molar refractivity (Wildman–Crippen MR) is 185 cm³/mol. The summed E-state index contributed by atoms with van der Waals surface area (Å²) in [6, 6.07) is 0. The summed E-state index contributed by atoms with van der Waals surface area (Å²) in [5, 5.41) is 110. The van der Waals surface area contributed by atoms with E-state index in [2.05, 4.69) is 4.18 Å². The zero-order valence-corrected chi connectivity index (χ0v) is 33.3. The van der Waals surface area contributed by atoms with Crippen LogP contribution in [0.5, 0.6) is 0 Å². The summed E-state index contributed by atoms with van der Waals surface area (Å²) in [6.07, 6.45) is -42.1. The van der Waals surface area contributed by atoms with Gasteiger partial charge in [-0.15, -0.1) is 0 Å². The number of aliphatic hydroxyl groups is 8. The minimum Gasteiger partial charge on any atom is -0.479 e. The molecule has 0 aliphatic carbocycles. The van der Waals surface area contributed by atoms with Crippen LogP contribution in [0.15, 0.2) is 0 Å². The Balaban J connectivity index is 1.66. The largest absolute Gasteiger partial charge is 0.479 e. The number of aliphatic carboxylic acids is 2. The minimum atomic E-state index is -5.45. The van der Waals surface area contributed by atoms with Crippen molar-refractivity contribution in [3.63, 3.8) is 0 Å². The molecule has 4 aliphatic rings. The van der Waals surface area contributed by atoms with Crippen molar-refractivity contribution in [1.82, 2.24) is 0 Å². The van der Waals surface area contributed by atoms with E-state index in [0.29, 0.717) is 0 Å². The van der Waals surface area contributed by atoms with Crippen LogP contribution in [0.25, 0.3) is 0 Å².